The van der Waals surface area contributed by atoms with Crippen molar-refractivity contribution in [3.8, 4) is 11.5 Å². The standard InChI is InChI=1S/C18H15N3O5S2/c1-19-28(23,24)12-4-5-13-16(9-12)27-18(20-13)21-17(22)7-3-11-2-6-14-15(8-11)26-10-25-14/h2-9,19H,10H2,1H3,(H,20,21,22). The van der Waals surface area contributed by atoms with Crippen LogP contribution in [0.25, 0.3) is 16.3 Å². The molecular weight excluding hydrogens is 402 g/mol. The summed E-state index contributed by atoms with van der Waals surface area (Å²) in [7, 11) is -2.18. The number of benzene rings is 2. The first-order chi connectivity index (χ1) is 13.4. The molecule has 10 heteroatoms. The van der Waals surface area contributed by atoms with Crippen LogP contribution in [0.5, 0.6) is 11.5 Å². The van der Waals surface area contributed by atoms with Crippen LogP contribution < -0.4 is 19.5 Å². The summed E-state index contributed by atoms with van der Waals surface area (Å²) in [5.41, 5.74) is 1.40. The van der Waals surface area contributed by atoms with Gasteiger partial charge in [-0.15, -0.1) is 0 Å². The molecule has 1 amide bonds. The Labute approximate surface area is 164 Å². The number of ether oxygens (including phenoxy) is 2. The first kappa shape index (κ1) is 18.4. The van der Waals surface area contributed by atoms with Gasteiger partial charge in [-0.25, -0.2) is 18.1 Å². The maximum atomic E-state index is 12.2. The molecule has 0 aliphatic carbocycles. The quantitative estimate of drug-likeness (QED) is 0.618. The zero-order chi connectivity index (χ0) is 19.7. The number of carbonyl (C=O) groups is 1. The average molecular weight is 417 g/mol. The van der Waals surface area contributed by atoms with Crippen molar-refractivity contribution in [2.75, 3.05) is 19.2 Å². The van der Waals surface area contributed by atoms with Gasteiger partial charge < -0.3 is 9.47 Å². The van der Waals surface area contributed by atoms with Gasteiger partial charge in [0, 0.05) is 6.08 Å². The molecule has 1 aliphatic rings. The minimum atomic E-state index is -3.54. The molecule has 2 N–H and O–H groups in total. The predicted octanol–water partition coefficient (Wildman–Crippen LogP) is 2.59. The SMILES string of the molecule is CNS(=O)(=O)c1ccc2nc(NC(=O)C=Cc3ccc4c(c3)OCO4)sc2c1. The van der Waals surface area contributed by atoms with E-state index in [4.69, 9.17) is 9.47 Å². The van der Waals surface area contributed by atoms with Crippen LogP contribution in [-0.4, -0.2) is 33.1 Å². The van der Waals surface area contributed by atoms with Gasteiger partial charge in [0.05, 0.1) is 15.1 Å². The summed E-state index contributed by atoms with van der Waals surface area (Å²) in [6.45, 7) is 0.192. The lowest BCUT2D eigenvalue weighted by molar-refractivity contribution is -0.111. The molecule has 144 valence electrons. The van der Waals surface area contributed by atoms with E-state index in [1.807, 2.05) is 6.07 Å². The van der Waals surface area contributed by atoms with E-state index in [0.717, 1.165) is 5.56 Å². The number of amides is 1. The fraction of sp³-hybridized carbons (Fsp3) is 0.111. The van der Waals surface area contributed by atoms with Gasteiger partial charge in [-0.3, -0.25) is 10.1 Å². The Kier molecular flexibility index (Phi) is 4.75. The van der Waals surface area contributed by atoms with Crippen molar-refractivity contribution < 1.29 is 22.7 Å². The zero-order valence-corrected chi connectivity index (χ0v) is 16.3. The van der Waals surface area contributed by atoms with Gasteiger partial charge in [0.1, 0.15) is 0 Å². The molecule has 2 aromatic carbocycles. The third-order valence-corrected chi connectivity index (χ3v) is 6.34. The maximum Gasteiger partial charge on any atom is 0.250 e. The summed E-state index contributed by atoms with van der Waals surface area (Å²) >= 11 is 1.20. The van der Waals surface area contributed by atoms with Gasteiger partial charge in [-0.05, 0) is 49.0 Å². The Hall–Kier alpha value is -2.95. The van der Waals surface area contributed by atoms with Crippen LogP contribution in [-0.2, 0) is 14.8 Å². The highest BCUT2D eigenvalue weighted by Gasteiger charge is 2.14. The Morgan fingerprint density at radius 3 is 2.82 bits per heavy atom. The molecule has 1 aliphatic heterocycles. The third-order valence-electron chi connectivity index (χ3n) is 3.99. The van der Waals surface area contributed by atoms with Crippen molar-refractivity contribution in [3.63, 3.8) is 0 Å². The topological polar surface area (TPSA) is 107 Å². The van der Waals surface area contributed by atoms with Gasteiger partial charge in [-0.2, -0.15) is 0 Å². The molecule has 0 unspecified atom stereocenters. The van der Waals surface area contributed by atoms with E-state index in [1.54, 1.807) is 24.3 Å². The molecule has 0 radical (unpaired) electrons. The summed E-state index contributed by atoms with van der Waals surface area (Å²) in [5.74, 6) is 0.969. The van der Waals surface area contributed by atoms with E-state index in [0.29, 0.717) is 26.8 Å². The summed E-state index contributed by atoms with van der Waals surface area (Å²) in [6, 6.07) is 9.99. The number of sulfonamides is 1. The summed E-state index contributed by atoms with van der Waals surface area (Å²) in [6.07, 6.45) is 3.04. The number of nitrogens with one attached hydrogen (secondary N) is 2. The minimum absolute atomic E-state index is 0.145. The number of hydrogen-bond donors (Lipinski definition) is 2. The zero-order valence-electron chi connectivity index (χ0n) is 14.6. The van der Waals surface area contributed by atoms with Crippen molar-refractivity contribution in [2.45, 2.75) is 4.90 Å². The molecule has 0 saturated carbocycles. The monoisotopic (exact) mass is 417 g/mol. The minimum Gasteiger partial charge on any atom is -0.454 e. The number of fused-ring (bicyclic) bond motifs is 2. The highest BCUT2D eigenvalue weighted by atomic mass is 32.2. The second-order valence-corrected chi connectivity index (χ2v) is 8.71. The van der Waals surface area contributed by atoms with Gasteiger partial charge in [0.2, 0.25) is 22.7 Å². The van der Waals surface area contributed by atoms with Crippen LogP contribution in [0.4, 0.5) is 5.13 Å². The lowest BCUT2D eigenvalue weighted by Crippen LogP contribution is -2.18. The van der Waals surface area contributed by atoms with Crippen molar-refractivity contribution in [1.82, 2.24) is 9.71 Å². The molecule has 4 rings (SSSR count). The van der Waals surface area contributed by atoms with Crippen molar-refractivity contribution in [2.24, 2.45) is 0 Å². The first-order valence-corrected chi connectivity index (χ1v) is 10.5. The van der Waals surface area contributed by atoms with Gasteiger partial charge >= 0.3 is 0 Å². The number of carbonyl (C=O) groups excluding carboxylic acids is 1. The smallest absolute Gasteiger partial charge is 0.250 e. The average Bonchev–Trinajstić information content (AvgIpc) is 3.31. The van der Waals surface area contributed by atoms with Crippen LogP contribution in [0, 0.1) is 0 Å². The maximum absolute atomic E-state index is 12.2. The molecule has 2 heterocycles. The van der Waals surface area contributed by atoms with Crippen molar-refractivity contribution in [1.29, 1.82) is 0 Å². The Bertz CT molecular complexity index is 1200. The van der Waals surface area contributed by atoms with Gasteiger partial charge in [-0.1, -0.05) is 17.4 Å². The number of rotatable bonds is 5. The van der Waals surface area contributed by atoms with Crippen molar-refractivity contribution in [3.05, 3.63) is 48.0 Å². The van der Waals surface area contributed by atoms with Crippen LogP contribution in [0.15, 0.2) is 47.4 Å². The molecule has 0 saturated heterocycles. The van der Waals surface area contributed by atoms with E-state index < -0.39 is 10.0 Å². The van der Waals surface area contributed by atoms with Crippen molar-refractivity contribution >= 4 is 48.7 Å². The third kappa shape index (κ3) is 3.70. The van der Waals surface area contributed by atoms with Gasteiger partial charge in [0.25, 0.3) is 0 Å². The summed E-state index contributed by atoms with van der Waals surface area (Å²) in [5, 5.41) is 3.07. The van der Waals surface area contributed by atoms with Crippen LogP contribution in [0.3, 0.4) is 0 Å². The largest absolute Gasteiger partial charge is 0.454 e. The van der Waals surface area contributed by atoms with E-state index in [2.05, 4.69) is 15.0 Å². The second kappa shape index (κ2) is 7.23. The molecule has 0 bridgehead atoms. The molecule has 0 atom stereocenters. The fourth-order valence-electron chi connectivity index (χ4n) is 2.58. The van der Waals surface area contributed by atoms with Crippen LogP contribution >= 0.6 is 11.3 Å². The number of anilines is 1. The molecule has 3 aromatic rings. The number of hydrogen-bond acceptors (Lipinski definition) is 7. The lowest BCUT2D eigenvalue weighted by Gasteiger charge is -2.00. The van der Waals surface area contributed by atoms with E-state index in [9.17, 15) is 13.2 Å². The second-order valence-electron chi connectivity index (χ2n) is 5.79. The fourth-order valence-corrected chi connectivity index (χ4v) is 4.32. The predicted molar refractivity (Wildman–Crippen MR) is 106 cm³/mol. The molecule has 0 spiro atoms. The highest BCUT2D eigenvalue weighted by molar-refractivity contribution is 7.89. The lowest BCUT2D eigenvalue weighted by atomic mass is 10.2. The van der Waals surface area contributed by atoms with Crippen LogP contribution in [0.2, 0.25) is 0 Å². The first-order valence-electron chi connectivity index (χ1n) is 8.17. The Morgan fingerprint density at radius 1 is 1.18 bits per heavy atom. The number of nitrogens with zero attached hydrogens (tertiary/aromatic N) is 1. The van der Waals surface area contributed by atoms with Crippen LogP contribution in [0.1, 0.15) is 5.56 Å². The molecule has 1 aromatic heterocycles. The molecule has 28 heavy (non-hydrogen) atoms. The molecule has 8 nitrogen and oxygen atoms in total. The normalized spacial score (nSPS) is 13.3. The van der Waals surface area contributed by atoms with E-state index in [1.165, 1.54) is 36.6 Å². The molecule has 0 fully saturated rings. The Morgan fingerprint density at radius 2 is 2.00 bits per heavy atom. The van der Waals surface area contributed by atoms with E-state index in [-0.39, 0.29) is 17.6 Å². The number of thiazole rings is 1. The van der Waals surface area contributed by atoms with Gasteiger partial charge in [0.15, 0.2) is 16.6 Å². The highest BCUT2D eigenvalue weighted by Crippen LogP contribution is 2.33. The summed E-state index contributed by atoms with van der Waals surface area (Å²) in [4.78, 5) is 16.6. The molecular formula is C18H15N3O5S2. The van der Waals surface area contributed by atoms with E-state index >= 15 is 0 Å². The number of aromatic nitrogens is 1. The Balaban J connectivity index is 1.49. The summed E-state index contributed by atoms with van der Waals surface area (Å²) < 4.78 is 37.3.